The predicted molar refractivity (Wildman–Crippen MR) is 180 cm³/mol. The van der Waals surface area contributed by atoms with Crippen LogP contribution < -0.4 is 4.90 Å². The molecule has 0 radical (unpaired) electrons. The Balaban J connectivity index is 1.52. The quantitative estimate of drug-likeness (QED) is 0.189. The van der Waals surface area contributed by atoms with Gasteiger partial charge in [0.25, 0.3) is 0 Å². The first-order valence-electron chi connectivity index (χ1n) is 14.9. The van der Waals surface area contributed by atoms with E-state index < -0.39 is 0 Å². The summed E-state index contributed by atoms with van der Waals surface area (Å²) in [4.78, 5) is 2.30. The number of hydrogen-bond donors (Lipinski definition) is 0. The highest BCUT2D eigenvalue weighted by molar-refractivity contribution is 6.01. The molecule has 0 saturated carbocycles. The Labute approximate surface area is 244 Å². The largest absolute Gasteiger partial charge is 0.348 e. The van der Waals surface area contributed by atoms with Gasteiger partial charge in [-0.15, -0.1) is 0 Å². The zero-order valence-corrected chi connectivity index (χ0v) is 24.3. The van der Waals surface area contributed by atoms with Crippen molar-refractivity contribution in [2.75, 3.05) is 11.4 Å². The molecule has 0 spiro atoms. The molecule has 202 valence electrons. The van der Waals surface area contributed by atoms with Crippen LogP contribution in [-0.2, 0) is 12.8 Å². The van der Waals surface area contributed by atoms with Crippen LogP contribution in [0.2, 0.25) is 0 Å². The van der Waals surface area contributed by atoms with Crippen molar-refractivity contribution in [3.05, 3.63) is 155 Å². The molecule has 5 aromatic carbocycles. The summed E-state index contributed by atoms with van der Waals surface area (Å²) in [5, 5.41) is 5.27. The first-order valence-corrected chi connectivity index (χ1v) is 14.9. The van der Waals surface area contributed by atoms with E-state index >= 15 is 0 Å². The summed E-state index contributed by atoms with van der Waals surface area (Å²) in [6.45, 7) is 7.61. The molecule has 0 amide bonds. The molecule has 0 aromatic heterocycles. The second-order valence-corrected chi connectivity index (χ2v) is 10.6. The monoisotopic (exact) mass is 531 g/mol. The second kappa shape index (κ2) is 11.9. The summed E-state index contributed by atoms with van der Waals surface area (Å²) in [5.41, 5.74) is 10.2. The number of nitrogens with zero attached hydrogens (tertiary/aromatic N) is 1. The molecule has 0 aliphatic carbocycles. The standard InChI is InChI=1S/C40H37N/c1-4-29-19-20-31(36-15-8-7-13-34(29)36)21-22-32(37-26-25-30(5-2)35-14-9-10-17-39(35)37)23-24-33-27-28-41(6-3)40-18-12-11-16-38(33)40/h7-28H,4-6H2,1-3H3. The molecule has 0 saturated heterocycles. The molecule has 1 aliphatic rings. The van der Waals surface area contributed by atoms with Crippen molar-refractivity contribution in [1.82, 2.24) is 0 Å². The van der Waals surface area contributed by atoms with Crippen LogP contribution in [0.5, 0.6) is 0 Å². The second-order valence-electron chi connectivity index (χ2n) is 10.6. The molecule has 1 heterocycles. The lowest BCUT2D eigenvalue weighted by Gasteiger charge is -2.26. The van der Waals surface area contributed by atoms with E-state index in [-0.39, 0.29) is 0 Å². The Hall–Kier alpha value is -4.62. The summed E-state index contributed by atoms with van der Waals surface area (Å²) < 4.78 is 0. The molecule has 1 aliphatic heterocycles. The summed E-state index contributed by atoms with van der Waals surface area (Å²) >= 11 is 0. The minimum absolute atomic E-state index is 0.950. The van der Waals surface area contributed by atoms with E-state index in [0.29, 0.717) is 0 Å². The lowest BCUT2D eigenvalue weighted by molar-refractivity contribution is 1.01. The highest BCUT2D eigenvalue weighted by Crippen LogP contribution is 2.34. The molecule has 6 rings (SSSR count). The van der Waals surface area contributed by atoms with Crippen LogP contribution in [0.3, 0.4) is 0 Å². The maximum absolute atomic E-state index is 2.30. The van der Waals surface area contributed by atoms with E-state index in [9.17, 15) is 0 Å². The highest BCUT2D eigenvalue weighted by atomic mass is 15.1. The van der Waals surface area contributed by atoms with Gasteiger partial charge in [0.05, 0.1) is 0 Å². The van der Waals surface area contributed by atoms with Crippen molar-refractivity contribution in [2.24, 2.45) is 0 Å². The summed E-state index contributed by atoms with van der Waals surface area (Å²) in [6.07, 6.45) is 15.7. The number of aryl methyl sites for hydroxylation is 2. The van der Waals surface area contributed by atoms with Gasteiger partial charge in [0.15, 0.2) is 0 Å². The van der Waals surface area contributed by atoms with Crippen molar-refractivity contribution < 1.29 is 0 Å². The summed E-state index contributed by atoms with van der Waals surface area (Å²) in [5.74, 6) is 0. The maximum Gasteiger partial charge on any atom is 0.0485 e. The number of anilines is 1. The highest BCUT2D eigenvalue weighted by Gasteiger charge is 2.14. The van der Waals surface area contributed by atoms with Gasteiger partial charge in [-0.3, -0.25) is 0 Å². The van der Waals surface area contributed by atoms with Crippen LogP contribution in [0.4, 0.5) is 5.69 Å². The molecule has 1 nitrogen and oxygen atoms in total. The Morgan fingerprint density at radius 1 is 0.659 bits per heavy atom. The number of hydrogen-bond acceptors (Lipinski definition) is 1. The summed E-state index contributed by atoms with van der Waals surface area (Å²) in [6, 6.07) is 35.4. The maximum atomic E-state index is 2.30. The van der Waals surface area contributed by atoms with Gasteiger partial charge >= 0.3 is 0 Å². The first kappa shape index (κ1) is 26.6. The van der Waals surface area contributed by atoms with Crippen molar-refractivity contribution in [2.45, 2.75) is 33.6 Å². The number of allylic oxidation sites excluding steroid dienone is 6. The third-order valence-corrected chi connectivity index (χ3v) is 8.32. The van der Waals surface area contributed by atoms with Gasteiger partial charge < -0.3 is 4.90 Å². The third kappa shape index (κ3) is 5.16. The zero-order chi connectivity index (χ0) is 28.2. The molecule has 0 unspecified atom stereocenters. The van der Waals surface area contributed by atoms with Crippen LogP contribution in [0.1, 0.15) is 48.6 Å². The van der Waals surface area contributed by atoms with Crippen LogP contribution in [-0.4, -0.2) is 6.54 Å². The van der Waals surface area contributed by atoms with Gasteiger partial charge in [0.1, 0.15) is 0 Å². The minimum Gasteiger partial charge on any atom is -0.348 e. The molecule has 0 atom stereocenters. The van der Waals surface area contributed by atoms with Crippen LogP contribution >= 0.6 is 0 Å². The minimum atomic E-state index is 0.950. The topological polar surface area (TPSA) is 3.24 Å². The predicted octanol–water partition coefficient (Wildman–Crippen LogP) is 10.7. The van der Waals surface area contributed by atoms with Crippen LogP contribution in [0.25, 0.3) is 38.8 Å². The van der Waals surface area contributed by atoms with Gasteiger partial charge in [0.2, 0.25) is 0 Å². The van der Waals surface area contributed by atoms with Crippen LogP contribution in [0.15, 0.2) is 128 Å². The smallest absolute Gasteiger partial charge is 0.0485 e. The number of para-hydroxylation sites is 1. The normalized spacial score (nSPS) is 14.5. The van der Waals surface area contributed by atoms with Crippen molar-refractivity contribution in [3.63, 3.8) is 0 Å². The molecule has 5 aromatic rings. The molecular formula is C40H37N. The van der Waals surface area contributed by atoms with E-state index in [2.05, 4.69) is 159 Å². The van der Waals surface area contributed by atoms with Crippen LogP contribution in [0, 0.1) is 0 Å². The van der Waals surface area contributed by atoms with E-state index in [0.717, 1.165) is 19.4 Å². The molecular weight excluding hydrogens is 494 g/mol. The molecule has 1 heteroatoms. The fourth-order valence-electron chi connectivity index (χ4n) is 6.08. The molecule has 0 N–H and O–H groups in total. The Morgan fingerprint density at radius 3 is 2.02 bits per heavy atom. The van der Waals surface area contributed by atoms with Crippen molar-refractivity contribution in [1.29, 1.82) is 0 Å². The third-order valence-electron chi connectivity index (χ3n) is 8.32. The lowest BCUT2D eigenvalue weighted by Crippen LogP contribution is -2.18. The number of fused-ring (bicyclic) bond motifs is 3. The van der Waals surface area contributed by atoms with Gasteiger partial charge in [-0.1, -0.05) is 129 Å². The molecule has 0 fully saturated rings. The number of benzene rings is 5. The van der Waals surface area contributed by atoms with Gasteiger partial charge in [-0.2, -0.15) is 0 Å². The Kier molecular flexibility index (Phi) is 7.69. The Bertz CT molecular complexity index is 1850. The summed E-state index contributed by atoms with van der Waals surface area (Å²) in [7, 11) is 0. The fourth-order valence-corrected chi connectivity index (χ4v) is 6.08. The van der Waals surface area contributed by atoms with Gasteiger partial charge in [-0.25, -0.2) is 0 Å². The Morgan fingerprint density at radius 2 is 1.29 bits per heavy atom. The van der Waals surface area contributed by atoms with Crippen molar-refractivity contribution >= 4 is 44.5 Å². The average molecular weight is 532 g/mol. The van der Waals surface area contributed by atoms with E-state index in [1.165, 1.54) is 66.2 Å². The van der Waals surface area contributed by atoms with Crippen molar-refractivity contribution in [3.8, 4) is 0 Å². The average Bonchev–Trinajstić information content (AvgIpc) is 3.04. The van der Waals surface area contributed by atoms with E-state index in [1.54, 1.807) is 0 Å². The van der Waals surface area contributed by atoms with Gasteiger partial charge in [-0.05, 0) is 86.9 Å². The van der Waals surface area contributed by atoms with E-state index in [1.807, 2.05) is 0 Å². The number of rotatable bonds is 7. The van der Waals surface area contributed by atoms with Gasteiger partial charge in [0, 0.05) is 24.0 Å². The fraction of sp³-hybridized carbons (Fsp3) is 0.150. The lowest BCUT2D eigenvalue weighted by atomic mass is 9.92. The first-order chi connectivity index (χ1) is 20.2. The molecule has 41 heavy (non-hydrogen) atoms. The SMILES string of the molecule is CCc1ccc(C=CC(=CC=C2C=CN(CC)c3ccccc32)c2ccc(CC)c3ccccc23)c2ccccc12. The van der Waals surface area contributed by atoms with E-state index in [4.69, 9.17) is 0 Å². The zero-order valence-electron chi connectivity index (χ0n) is 24.3. The molecule has 0 bridgehead atoms.